The number of rotatable bonds is 7. The Bertz CT molecular complexity index is 247. The molecule has 2 heterocycles. The summed E-state index contributed by atoms with van der Waals surface area (Å²) in [4.78, 5) is 15.3. The molecule has 0 atom stereocenters. The number of hydrogen-bond acceptors (Lipinski definition) is 4. The van der Waals surface area contributed by atoms with Gasteiger partial charge in [-0.15, -0.1) is 0 Å². The van der Waals surface area contributed by atoms with E-state index in [0.29, 0.717) is 6.42 Å². The first-order valence-electron chi connectivity index (χ1n) is 7.84. The van der Waals surface area contributed by atoms with Crippen LogP contribution in [0.3, 0.4) is 0 Å². The second-order valence-electron chi connectivity index (χ2n) is 5.84. The number of nitrogens with zero attached hydrogens (tertiary/aromatic N) is 2. The summed E-state index contributed by atoms with van der Waals surface area (Å²) in [5.74, 6) is 0.905. The van der Waals surface area contributed by atoms with E-state index in [1.54, 1.807) is 0 Å². The van der Waals surface area contributed by atoms with Crippen molar-refractivity contribution in [1.82, 2.24) is 9.80 Å². The Morgan fingerprint density at radius 2 is 1.63 bits per heavy atom. The molecule has 0 aliphatic carbocycles. The Kier molecular flexibility index (Phi) is 6.82. The van der Waals surface area contributed by atoms with Crippen LogP contribution < -0.4 is 0 Å². The van der Waals surface area contributed by atoms with Crippen molar-refractivity contribution in [1.29, 1.82) is 0 Å². The largest absolute Gasteiger partial charge is 0.381 e. The van der Waals surface area contributed by atoms with E-state index < -0.39 is 0 Å². The van der Waals surface area contributed by atoms with Crippen molar-refractivity contribution in [3.8, 4) is 0 Å². The van der Waals surface area contributed by atoms with Gasteiger partial charge in [0, 0.05) is 52.4 Å². The molecule has 19 heavy (non-hydrogen) atoms. The maximum absolute atomic E-state index is 10.4. The first kappa shape index (κ1) is 14.9. The van der Waals surface area contributed by atoms with Gasteiger partial charge < -0.3 is 19.3 Å². The van der Waals surface area contributed by atoms with Crippen molar-refractivity contribution in [3.63, 3.8) is 0 Å². The summed E-state index contributed by atoms with van der Waals surface area (Å²) in [6.45, 7) is 8.74. The molecule has 0 aromatic heterocycles. The fourth-order valence-electron chi connectivity index (χ4n) is 3.11. The summed E-state index contributed by atoms with van der Waals surface area (Å²) in [7, 11) is 0. The lowest BCUT2D eigenvalue weighted by atomic mass is 9.95. The molecule has 2 aliphatic rings. The molecule has 0 aromatic carbocycles. The zero-order valence-corrected chi connectivity index (χ0v) is 12.1. The Morgan fingerprint density at radius 3 is 2.26 bits per heavy atom. The minimum Gasteiger partial charge on any atom is -0.381 e. The molecule has 4 heteroatoms. The first-order chi connectivity index (χ1) is 9.38. The van der Waals surface area contributed by atoms with E-state index in [1.807, 2.05) is 0 Å². The predicted octanol–water partition coefficient (Wildman–Crippen LogP) is 1.40. The fraction of sp³-hybridized carbons (Fsp3) is 0.933. The third kappa shape index (κ3) is 5.59. The van der Waals surface area contributed by atoms with Gasteiger partial charge >= 0.3 is 0 Å². The van der Waals surface area contributed by atoms with Crippen molar-refractivity contribution in [3.05, 3.63) is 0 Å². The van der Waals surface area contributed by atoms with Gasteiger partial charge in [0.05, 0.1) is 0 Å². The molecular formula is C15H28N2O2. The van der Waals surface area contributed by atoms with Crippen molar-refractivity contribution < 1.29 is 9.53 Å². The van der Waals surface area contributed by atoms with E-state index in [1.165, 1.54) is 45.3 Å². The molecule has 0 amide bonds. The molecule has 0 radical (unpaired) electrons. The van der Waals surface area contributed by atoms with Crippen LogP contribution >= 0.6 is 0 Å². The monoisotopic (exact) mass is 268 g/mol. The Labute approximate surface area is 117 Å². The summed E-state index contributed by atoms with van der Waals surface area (Å²) in [5, 5.41) is 0. The van der Waals surface area contributed by atoms with Gasteiger partial charge in [-0.3, -0.25) is 0 Å². The van der Waals surface area contributed by atoms with Gasteiger partial charge in [-0.1, -0.05) is 0 Å². The molecule has 0 unspecified atom stereocenters. The van der Waals surface area contributed by atoms with E-state index in [0.717, 1.165) is 45.1 Å². The van der Waals surface area contributed by atoms with Crippen LogP contribution in [0.2, 0.25) is 0 Å². The SMILES string of the molecule is O=CCCN1CCN(CCCC2CCOCC2)CC1. The molecule has 0 bridgehead atoms. The molecule has 2 saturated heterocycles. The average Bonchev–Trinajstić information content (AvgIpc) is 2.47. The first-order valence-corrected chi connectivity index (χ1v) is 7.84. The zero-order chi connectivity index (χ0) is 13.3. The van der Waals surface area contributed by atoms with Crippen LogP contribution in [0.1, 0.15) is 32.1 Å². The van der Waals surface area contributed by atoms with Crippen LogP contribution in [0.15, 0.2) is 0 Å². The van der Waals surface area contributed by atoms with Crippen molar-refractivity contribution in [2.45, 2.75) is 32.1 Å². The molecule has 2 rings (SSSR count). The molecule has 0 saturated carbocycles. The summed E-state index contributed by atoms with van der Waals surface area (Å²) in [5.41, 5.74) is 0. The maximum Gasteiger partial charge on any atom is 0.121 e. The second kappa shape index (κ2) is 8.67. The topological polar surface area (TPSA) is 32.8 Å². The van der Waals surface area contributed by atoms with E-state index in [9.17, 15) is 4.79 Å². The molecule has 2 fully saturated rings. The van der Waals surface area contributed by atoms with E-state index >= 15 is 0 Å². The number of ether oxygens (including phenoxy) is 1. The van der Waals surface area contributed by atoms with Gasteiger partial charge in [0.25, 0.3) is 0 Å². The molecule has 0 spiro atoms. The highest BCUT2D eigenvalue weighted by Gasteiger charge is 2.17. The molecule has 0 N–H and O–H groups in total. The number of aldehydes is 1. The smallest absolute Gasteiger partial charge is 0.121 e. The fourth-order valence-corrected chi connectivity index (χ4v) is 3.11. The lowest BCUT2D eigenvalue weighted by Gasteiger charge is -2.34. The van der Waals surface area contributed by atoms with Crippen LogP contribution in [-0.4, -0.2) is 68.6 Å². The highest BCUT2D eigenvalue weighted by atomic mass is 16.5. The van der Waals surface area contributed by atoms with Gasteiger partial charge in [0.15, 0.2) is 0 Å². The Morgan fingerprint density at radius 1 is 1.00 bits per heavy atom. The van der Waals surface area contributed by atoms with Gasteiger partial charge in [0.2, 0.25) is 0 Å². The minimum atomic E-state index is 0.684. The maximum atomic E-state index is 10.4. The van der Waals surface area contributed by atoms with E-state index in [2.05, 4.69) is 9.80 Å². The van der Waals surface area contributed by atoms with Crippen LogP contribution in [0.5, 0.6) is 0 Å². The molecular weight excluding hydrogens is 240 g/mol. The van der Waals surface area contributed by atoms with Gasteiger partial charge in [-0.25, -0.2) is 0 Å². The van der Waals surface area contributed by atoms with Crippen LogP contribution in [0.25, 0.3) is 0 Å². The highest BCUT2D eigenvalue weighted by molar-refractivity contribution is 5.49. The second-order valence-corrected chi connectivity index (χ2v) is 5.84. The van der Waals surface area contributed by atoms with Crippen LogP contribution in [0, 0.1) is 5.92 Å². The normalized spacial score (nSPS) is 23.6. The van der Waals surface area contributed by atoms with Gasteiger partial charge in [-0.05, 0) is 38.1 Å². The van der Waals surface area contributed by atoms with Gasteiger partial charge in [-0.2, -0.15) is 0 Å². The Hall–Kier alpha value is -0.450. The van der Waals surface area contributed by atoms with E-state index in [4.69, 9.17) is 4.74 Å². The summed E-state index contributed by atoms with van der Waals surface area (Å²) in [6, 6.07) is 0. The highest BCUT2D eigenvalue weighted by Crippen LogP contribution is 2.20. The third-order valence-electron chi connectivity index (χ3n) is 4.46. The summed E-state index contributed by atoms with van der Waals surface area (Å²) < 4.78 is 5.40. The molecule has 110 valence electrons. The summed E-state index contributed by atoms with van der Waals surface area (Å²) >= 11 is 0. The molecule has 4 nitrogen and oxygen atoms in total. The average molecular weight is 268 g/mol. The minimum absolute atomic E-state index is 0.684. The lowest BCUT2D eigenvalue weighted by molar-refractivity contribution is -0.108. The molecule has 0 aromatic rings. The van der Waals surface area contributed by atoms with Gasteiger partial charge in [0.1, 0.15) is 6.29 Å². The lowest BCUT2D eigenvalue weighted by Crippen LogP contribution is -2.46. The number of piperazine rings is 1. The van der Waals surface area contributed by atoms with Crippen LogP contribution in [0.4, 0.5) is 0 Å². The third-order valence-corrected chi connectivity index (χ3v) is 4.46. The number of hydrogen-bond donors (Lipinski definition) is 0. The van der Waals surface area contributed by atoms with E-state index in [-0.39, 0.29) is 0 Å². The number of carbonyl (C=O) groups is 1. The van der Waals surface area contributed by atoms with Crippen LogP contribution in [-0.2, 0) is 9.53 Å². The van der Waals surface area contributed by atoms with Crippen molar-refractivity contribution >= 4 is 6.29 Å². The molecule has 2 aliphatic heterocycles. The van der Waals surface area contributed by atoms with Crippen molar-refractivity contribution in [2.24, 2.45) is 5.92 Å². The van der Waals surface area contributed by atoms with Crippen molar-refractivity contribution in [2.75, 3.05) is 52.5 Å². The quantitative estimate of drug-likeness (QED) is 0.654. The predicted molar refractivity (Wildman–Crippen MR) is 76.3 cm³/mol. The number of carbonyl (C=O) groups excluding carboxylic acids is 1. The standard InChI is InChI=1S/C15H28N2O2/c18-12-2-7-17-10-8-16(9-11-17)6-1-3-15-4-13-19-14-5-15/h12,15H,1-11,13-14H2. The Balaban J connectivity index is 1.51. The summed E-state index contributed by atoms with van der Waals surface area (Å²) in [6.07, 6.45) is 6.94. The zero-order valence-electron chi connectivity index (χ0n) is 12.1.